The van der Waals surface area contributed by atoms with Gasteiger partial charge in [-0.05, 0) is 64.1 Å². The molecule has 2 fully saturated rings. The van der Waals surface area contributed by atoms with E-state index in [1.54, 1.807) is 19.2 Å². The zero-order valence-electron chi connectivity index (χ0n) is 28.2. The molecule has 16 nitrogen and oxygen atoms in total. The number of rotatable bonds is 22. The van der Waals surface area contributed by atoms with Crippen LogP contribution in [0.15, 0.2) is 18.2 Å². The fraction of sp³-hybridized carbons (Fsp3) is 0.656. The summed E-state index contributed by atoms with van der Waals surface area (Å²) in [4.78, 5) is 70.7. The van der Waals surface area contributed by atoms with Crippen molar-refractivity contribution in [2.24, 2.45) is 5.73 Å². The number of fused-ring (bicyclic) bond motifs is 1. The van der Waals surface area contributed by atoms with E-state index in [9.17, 15) is 34.1 Å². The van der Waals surface area contributed by atoms with Crippen LogP contribution in [0, 0.1) is 10.1 Å². The van der Waals surface area contributed by atoms with Crippen molar-refractivity contribution >= 4 is 47.3 Å². The van der Waals surface area contributed by atoms with E-state index in [0.717, 1.165) is 37.9 Å². The Labute approximate surface area is 290 Å². The molecule has 6 amide bonds. The van der Waals surface area contributed by atoms with E-state index >= 15 is 0 Å². The summed E-state index contributed by atoms with van der Waals surface area (Å²) in [6.45, 7) is 2.45. The van der Waals surface area contributed by atoms with Crippen molar-refractivity contribution in [1.82, 2.24) is 31.9 Å². The number of carbonyl (C=O) groups excluding carboxylic acids is 5. The second-order valence-corrected chi connectivity index (χ2v) is 13.6. The molecule has 0 aliphatic carbocycles. The van der Waals surface area contributed by atoms with E-state index in [-0.39, 0.29) is 54.3 Å². The fourth-order valence-electron chi connectivity index (χ4n) is 5.86. The Hall–Kier alpha value is -4.12. The molecular weight excluding hydrogens is 656 g/mol. The number of nitrogens with zero attached hydrogens (tertiary/aromatic N) is 1. The van der Waals surface area contributed by atoms with Gasteiger partial charge in [0.15, 0.2) is 0 Å². The van der Waals surface area contributed by atoms with Crippen molar-refractivity contribution in [3.63, 3.8) is 0 Å². The Morgan fingerprint density at radius 1 is 1.02 bits per heavy atom. The molecule has 8 N–H and O–H groups in total. The Balaban J connectivity index is 1.27. The van der Waals surface area contributed by atoms with Crippen molar-refractivity contribution in [3.05, 3.63) is 39.4 Å². The van der Waals surface area contributed by atoms with Gasteiger partial charge in [-0.25, -0.2) is 9.59 Å². The first-order valence-corrected chi connectivity index (χ1v) is 17.9. The zero-order chi connectivity index (χ0) is 35.8. The molecule has 5 unspecified atom stereocenters. The molecule has 2 saturated heterocycles. The van der Waals surface area contributed by atoms with Gasteiger partial charge in [-0.3, -0.25) is 24.5 Å². The van der Waals surface area contributed by atoms with Crippen molar-refractivity contribution in [2.45, 2.75) is 107 Å². The van der Waals surface area contributed by atoms with Gasteiger partial charge >= 0.3 is 12.1 Å². The summed E-state index contributed by atoms with van der Waals surface area (Å²) in [5.41, 5.74) is 5.88. The third-order valence-electron chi connectivity index (χ3n) is 8.61. The molecule has 17 heteroatoms. The lowest BCUT2D eigenvalue weighted by atomic mass is 10.0. The first-order valence-electron chi connectivity index (χ1n) is 16.9. The lowest BCUT2D eigenvalue weighted by Gasteiger charge is -2.16. The van der Waals surface area contributed by atoms with Crippen molar-refractivity contribution in [3.8, 4) is 0 Å². The lowest BCUT2D eigenvalue weighted by molar-refractivity contribution is -0.386. The predicted molar refractivity (Wildman–Crippen MR) is 185 cm³/mol. The van der Waals surface area contributed by atoms with Gasteiger partial charge in [0.25, 0.3) is 5.69 Å². The quantitative estimate of drug-likeness (QED) is 0.0402. The van der Waals surface area contributed by atoms with Crippen LogP contribution in [0.3, 0.4) is 0 Å². The van der Waals surface area contributed by atoms with Crippen LogP contribution in [0.25, 0.3) is 0 Å². The number of amides is 6. The number of alkyl carbamates (subject to hydrolysis) is 1. The first kappa shape index (κ1) is 39.3. The molecule has 0 radical (unpaired) electrons. The molecule has 0 spiro atoms. The standard InChI is InChI=1S/C32H50N8O8S/c1-20(48-32(45)36-16-8-9-23(34-2)30(33)43)22-17-21(13-14-25(22)40(46)47)18-37-28(42)11-4-3-7-15-35-27(41)12-6-5-10-26-29-24(19-49-26)38-31(44)39-29/h13-14,17,20,23-24,26,29,34H,3-12,15-16,18-19H2,1-2H3,(H2,33,43)(H,35,41)(H,36,45)(H,37,42)(H2,38,39,44). The number of primary amides is 1. The number of benzene rings is 1. The van der Waals surface area contributed by atoms with Crippen molar-refractivity contribution < 1.29 is 33.6 Å². The molecule has 49 heavy (non-hydrogen) atoms. The number of nitro benzene ring substituents is 1. The van der Waals surface area contributed by atoms with Crippen LogP contribution >= 0.6 is 11.8 Å². The van der Waals surface area contributed by atoms with E-state index in [1.807, 2.05) is 11.8 Å². The van der Waals surface area contributed by atoms with Gasteiger partial charge in [0.2, 0.25) is 17.7 Å². The monoisotopic (exact) mass is 706 g/mol. The largest absolute Gasteiger partial charge is 0.441 e. The van der Waals surface area contributed by atoms with Gasteiger partial charge in [0.05, 0.1) is 28.6 Å². The minimum absolute atomic E-state index is 0.0216. The van der Waals surface area contributed by atoms with Crippen LogP contribution in [0.2, 0.25) is 0 Å². The number of hydrogen-bond acceptors (Lipinski definition) is 10. The van der Waals surface area contributed by atoms with Gasteiger partial charge in [-0.15, -0.1) is 0 Å². The van der Waals surface area contributed by atoms with Crippen LogP contribution in [-0.2, 0) is 25.7 Å². The Morgan fingerprint density at radius 3 is 2.45 bits per heavy atom. The number of ether oxygens (including phenoxy) is 1. The third kappa shape index (κ3) is 13.4. The number of thioether (sulfide) groups is 1. The summed E-state index contributed by atoms with van der Waals surface area (Å²) in [6.07, 6.45) is 4.86. The van der Waals surface area contributed by atoms with Gasteiger partial charge < -0.3 is 42.4 Å². The third-order valence-corrected chi connectivity index (χ3v) is 10.1. The van der Waals surface area contributed by atoms with Gasteiger partial charge in [0.1, 0.15) is 6.10 Å². The normalized spacial score (nSPS) is 19.1. The number of likely N-dealkylation sites (N-methyl/N-ethyl adjacent to an activating group) is 1. The summed E-state index contributed by atoms with van der Waals surface area (Å²) in [5.74, 6) is 0.297. The van der Waals surface area contributed by atoms with Crippen LogP contribution in [0.4, 0.5) is 15.3 Å². The molecule has 5 atom stereocenters. The maximum Gasteiger partial charge on any atom is 0.407 e. The van der Waals surface area contributed by atoms with Crippen molar-refractivity contribution in [2.75, 3.05) is 25.9 Å². The molecule has 2 aliphatic rings. The highest BCUT2D eigenvalue weighted by atomic mass is 32.2. The molecule has 2 heterocycles. The highest BCUT2D eigenvalue weighted by Crippen LogP contribution is 2.33. The molecule has 1 aromatic rings. The van der Waals surface area contributed by atoms with E-state index in [0.29, 0.717) is 49.5 Å². The van der Waals surface area contributed by atoms with E-state index in [2.05, 4.69) is 31.9 Å². The molecular formula is C32H50N8O8S. The van der Waals surface area contributed by atoms with Crippen molar-refractivity contribution in [1.29, 1.82) is 0 Å². The highest BCUT2D eigenvalue weighted by Gasteiger charge is 2.42. The molecule has 0 bridgehead atoms. The SMILES string of the molecule is CNC(CCCNC(=O)OC(C)c1cc(CNC(=O)CCCCCNC(=O)CCCCC2SCC3NC(=O)NC32)ccc1[N+](=O)[O-])C(N)=O. The summed E-state index contributed by atoms with van der Waals surface area (Å²) in [7, 11) is 1.62. The minimum atomic E-state index is -0.939. The fourth-order valence-corrected chi connectivity index (χ4v) is 7.41. The maximum absolute atomic E-state index is 12.4. The van der Waals surface area contributed by atoms with Crippen LogP contribution in [0.5, 0.6) is 0 Å². The lowest BCUT2D eigenvalue weighted by Crippen LogP contribution is -2.39. The van der Waals surface area contributed by atoms with Crippen LogP contribution in [0.1, 0.15) is 88.4 Å². The Bertz CT molecular complexity index is 1320. The second kappa shape index (κ2) is 20.4. The zero-order valence-corrected chi connectivity index (χ0v) is 29.0. The number of carbonyl (C=O) groups is 5. The summed E-state index contributed by atoms with van der Waals surface area (Å²) in [6, 6.07) is 4.21. The van der Waals surface area contributed by atoms with Crippen LogP contribution in [-0.4, -0.2) is 84.0 Å². The second-order valence-electron chi connectivity index (χ2n) is 12.3. The van der Waals surface area contributed by atoms with Gasteiger partial charge in [0, 0.05) is 49.5 Å². The molecule has 272 valence electrons. The summed E-state index contributed by atoms with van der Waals surface area (Å²) >= 11 is 1.87. The molecule has 3 rings (SSSR count). The maximum atomic E-state index is 12.4. The minimum Gasteiger partial charge on any atom is -0.441 e. The number of nitrogens with two attached hydrogens (primary N) is 1. The topological polar surface area (TPSA) is 236 Å². The van der Waals surface area contributed by atoms with E-state index in [4.69, 9.17) is 10.5 Å². The number of nitrogens with one attached hydrogen (secondary N) is 6. The summed E-state index contributed by atoms with van der Waals surface area (Å²) in [5, 5.41) is 29.1. The molecule has 2 aliphatic heterocycles. The average molecular weight is 707 g/mol. The molecule has 1 aromatic carbocycles. The smallest absolute Gasteiger partial charge is 0.407 e. The van der Waals surface area contributed by atoms with Crippen LogP contribution < -0.4 is 37.6 Å². The predicted octanol–water partition coefficient (Wildman–Crippen LogP) is 2.25. The number of hydrogen-bond donors (Lipinski definition) is 7. The average Bonchev–Trinajstić information content (AvgIpc) is 3.62. The van der Waals surface area contributed by atoms with Gasteiger partial charge in [-0.2, -0.15) is 11.8 Å². The Morgan fingerprint density at radius 2 is 1.73 bits per heavy atom. The Kier molecular flexibility index (Phi) is 16.4. The number of urea groups is 1. The first-order chi connectivity index (χ1) is 23.5. The van der Waals surface area contributed by atoms with Gasteiger partial charge in [-0.1, -0.05) is 18.9 Å². The number of nitro groups is 1. The number of unbranched alkanes of at least 4 members (excludes halogenated alkanes) is 3. The summed E-state index contributed by atoms with van der Waals surface area (Å²) < 4.78 is 5.36. The molecule has 0 aromatic heterocycles. The van der Waals surface area contributed by atoms with E-state index < -0.39 is 29.1 Å². The van der Waals surface area contributed by atoms with E-state index in [1.165, 1.54) is 13.0 Å². The highest BCUT2D eigenvalue weighted by molar-refractivity contribution is 8.00. The molecule has 0 saturated carbocycles.